The third-order valence-corrected chi connectivity index (χ3v) is 6.32. The summed E-state index contributed by atoms with van der Waals surface area (Å²) >= 11 is 12.2. The second kappa shape index (κ2) is 10.1. The van der Waals surface area contributed by atoms with Gasteiger partial charge in [0.25, 0.3) is 15.9 Å². The Labute approximate surface area is 196 Å². The Morgan fingerprint density at radius 3 is 2.25 bits per heavy atom. The van der Waals surface area contributed by atoms with Crippen LogP contribution in [-0.2, 0) is 10.0 Å². The predicted molar refractivity (Wildman–Crippen MR) is 126 cm³/mol. The molecule has 0 saturated carbocycles. The van der Waals surface area contributed by atoms with Gasteiger partial charge >= 0.3 is 0 Å². The summed E-state index contributed by atoms with van der Waals surface area (Å²) in [7, 11) is -2.49. The normalized spacial score (nSPS) is 11.0. The van der Waals surface area contributed by atoms with Crippen molar-refractivity contribution in [2.24, 2.45) is 0 Å². The van der Waals surface area contributed by atoms with Crippen molar-refractivity contribution in [2.75, 3.05) is 23.8 Å². The topological polar surface area (TPSA) is 93.7 Å². The minimum Gasteiger partial charge on any atom is -0.495 e. The Hall–Kier alpha value is -2.94. The van der Waals surface area contributed by atoms with Gasteiger partial charge in [0.05, 0.1) is 34.2 Å². The smallest absolute Gasteiger partial charge is 0.261 e. The Kier molecular flexibility index (Phi) is 7.50. The number of methoxy groups -OCH3 is 1. The Bertz CT molecular complexity index is 1230. The molecule has 3 aromatic carbocycles. The summed E-state index contributed by atoms with van der Waals surface area (Å²) < 4.78 is 38.5. The number of carbonyl (C=O) groups excluding carboxylic acids is 1. The molecule has 3 aromatic rings. The fourth-order valence-electron chi connectivity index (χ4n) is 2.79. The first-order valence-electron chi connectivity index (χ1n) is 9.43. The number of anilines is 2. The maximum Gasteiger partial charge on any atom is 0.261 e. The van der Waals surface area contributed by atoms with Crippen molar-refractivity contribution in [3.63, 3.8) is 0 Å². The number of benzene rings is 3. The van der Waals surface area contributed by atoms with Crippen molar-refractivity contribution in [1.82, 2.24) is 0 Å². The molecule has 0 spiro atoms. The minimum absolute atomic E-state index is 0.00632. The minimum atomic E-state index is -3.97. The van der Waals surface area contributed by atoms with Crippen LogP contribution in [-0.4, -0.2) is 28.0 Å². The van der Waals surface area contributed by atoms with Gasteiger partial charge in [0.2, 0.25) is 0 Å². The zero-order chi connectivity index (χ0) is 23.3. The van der Waals surface area contributed by atoms with Crippen LogP contribution in [0.3, 0.4) is 0 Å². The van der Waals surface area contributed by atoms with Gasteiger partial charge < -0.3 is 14.8 Å². The molecule has 3 rings (SSSR count). The van der Waals surface area contributed by atoms with Crippen LogP contribution in [0.25, 0.3) is 0 Å². The van der Waals surface area contributed by atoms with E-state index in [-0.39, 0.29) is 15.5 Å². The largest absolute Gasteiger partial charge is 0.495 e. The van der Waals surface area contributed by atoms with Crippen molar-refractivity contribution < 1.29 is 22.7 Å². The van der Waals surface area contributed by atoms with Gasteiger partial charge in [0.15, 0.2) is 0 Å². The molecule has 0 heterocycles. The molecule has 0 fully saturated rings. The molecule has 0 aromatic heterocycles. The van der Waals surface area contributed by atoms with Crippen molar-refractivity contribution in [2.45, 2.75) is 11.8 Å². The summed E-state index contributed by atoms with van der Waals surface area (Å²) in [6.45, 7) is 2.36. The Balaban J connectivity index is 1.82. The fourth-order valence-corrected chi connectivity index (χ4v) is 4.33. The monoisotopic (exact) mass is 494 g/mol. The third kappa shape index (κ3) is 5.64. The summed E-state index contributed by atoms with van der Waals surface area (Å²) in [5.41, 5.74) is 0.744. The molecule has 32 heavy (non-hydrogen) atoms. The molecular formula is C22H20Cl2N2O5S. The zero-order valence-corrected chi connectivity index (χ0v) is 19.5. The molecule has 10 heteroatoms. The van der Waals surface area contributed by atoms with Gasteiger partial charge in [-0.05, 0) is 67.6 Å². The first-order valence-corrected chi connectivity index (χ1v) is 11.7. The standard InChI is InChI=1S/C22H20Cl2N2O5S/c1-3-31-16-7-4-14(5-8-16)26-32(28,29)17-9-10-19(23)18(13-17)22(27)25-15-6-11-21(30-2)20(24)12-15/h4-13,26H,3H2,1-2H3,(H,25,27). The highest BCUT2D eigenvalue weighted by Crippen LogP contribution is 2.29. The van der Waals surface area contributed by atoms with E-state index in [1.165, 1.54) is 31.4 Å². The SMILES string of the molecule is CCOc1ccc(NS(=O)(=O)c2ccc(Cl)c(C(=O)Nc3ccc(OC)c(Cl)c3)c2)cc1. The second-order valence-electron chi connectivity index (χ2n) is 6.51. The quantitative estimate of drug-likeness (QED) is 0.433. The molecule has 1 amide bonds. The average Bonchev–Trinajstić information content (AvgIpc) is 2.75. The Morgan fingerprint density at radius 2 is 1.62 bits per heavy atom. The van der Waals surface area contributed by atoms with Crippen molar-refractivity contribution in [3.8, 4) is 11.5 Å². The van der Waals surface area contributed by atoms with Crippen molar-refractivity contribution in [3.05, 3.63) is 76.3 Å². The molecule has 0 aliphatic carbocycles. The number of ether oxygens (including phenoxy) is 2. The molecule has 2 N–H and O–H groups in total. The van der Waals surface area contributed by atoms with Gasteiger partial charge in [-0.15, -0.1) is 0 Å². The van der Waals surface area contributed by atoms with E-state index in [9.17, 15) is 13.2 Å². The van der Waals surface area contributed by atoms with E-state index in [1.807, 2.05) is 6.92 Å². The number of nitrogens with one attached hydrogen (secondary N) is 2. The number of hydrogen-bond donors (Lipinski definition) is 2. The predicted octanol–water partition coefficient (Wildman–Crippen LogP) is 5.45. The summed E-state index contributed by atoms with van der Waals surface area (Å²) in [5, 5.41) is 3.06. The molecular weight excluding hydrogens is 475 g/mol. The second-order valence-corrected chi connectivity index (χ2v) is 9.00. The lowest BCUT2D eigenvalue weighted by molar-refractivity contribution is 0.102. The number of hydrogen-bond acceptors (Lipinski definition) is 5. The van der Waals surface area contributed by atoms with E-state index in [1.54, 1.807) is 36.4 Å². The molecule has 0 radical (unpaired) electrons. The van der Waals surface area contributed by atoms with E-state index in [0.29, 0.717) is 34.5 Å². The maximum atomic E-state index is 12.8. The summed E-state index contributed by atoms with van der Waals surface area (Å²) in [4.78, 5) is 12.6. The van der Waals surface area contributed by atoms with Crippen LogP contribution in [0.1, 0.15) is 17.3 Å². The Morgan fingerprint density at radius 1 is 0.938 bits per heavy atom. The first kappa shape index (κ1) is 23.7. The highest BCUT2D eigenvalue weighted by molar-refractivity contribution is 7.92. The van der Waals surface area contributed by atoms with Crippen LogP contribution in [0.5, 0.6) is 11.5 Å². The van der Waals surface area contributed by atoms with Gasteiger partial charge in [0, 0.05) is 11.4 Å². The lowest BCUT2D eigenvalue weighted by Crippen LogP contribution is -2.16. The number of amides is 1. The van der Waals surface area contributed by atoms with Crippen LogP contribution in [0, 0.1) is 0 Å². The third-order valence-electron chi connectivity index (χ3n) is 4.32. The summed E-state index contributed by atoms with van der Waals surface area (Å²) in [6.07, 6.45) is 0. The van der Waals surface area contributed by atoms with Crippen LogP contribution >= 0.6 is 23.2 Å². The average molecular weight is 495 g/mol. The number of carbonyl (C=O) groups is 1. The highest BCUT2D eigenvalue weighted by atomic mass is 35.5. The molecule has 0 unspecified atom stereocenters. The van der Waals surface area contributed by atoms with Crippen molar-refractivity contribution >= 4 is 50.5 Å². The zero-order valence-electron chi connectivity index (χ0n) is 17.2. The number of halogens is 2. The molecule has 7 nitrogen and oxygen atoms in total. The molecule has 0 aliphatic heterocycles. The van der Waals surface area contributed by atoms with Gasteiger partial charge in [-0.1, -0.05) is 23.2 Å². The van der Waals surface area contributed by atoms with Gasteiger partial charge in [-0.25, -0.2) is 8.42 Å². The molecule has 168 valence electrons. The lowest BCUT2D eigenvalue weighted by atomic mass is 10.2. The molecule has 0 atom stereocenters. The van der Waals surface area contributed by atoms with Gasteiger partial charge in [-0.2, -0.15) is 0 Å². The number of sulfonamides is 1. The molecule has 0 saturated heterocycles. The number of rotatable bonds is 8. The van der Waals surface area contributed by atoms with Crippen LogP contribution < -0.4 is 19.5 Å². The van der Waals surface area contributed by atoms with Crippen LogP contribution in [0.2, 0.25) is 10.0 Å². The van der Waals surface area contributed by atoms with Crippen LogP contribution in [0.15, 0.2) is 65.6 Å². The highest BCUT2D eigenvalue weighted by Gasteiger charge is 2.19. The first-order chi connectivity index (χ1) is 15.2. The van der Waals surface area contributed by atoms with E-state index in [4.69, 9.17) is 32.7 Å². The van der Waals surface area contributed by atoms with E-state index in [2.05, 4.69) is 10.0 Å². The summed E-state index contributed by atoms with van der Waals surface area (Å²) in [5.74, 6) is 0.491. The van der Waals surface area contributed by atoms with Crippen LogP contribution in [0.4, 0.5) is 11.4 Å². The van der Waals surface area contributed by atoms with Crippen molar-refractivity contribution in [1.29, 1.82) is 0 Å². The van der Waals surface area contributed by atoms with Gasteiger partial charge in [-0.3, -0.25) is 9.52 Å². The molecule has 0 bridgehead atoms. The molecule has 0 aliphatic rings. The lowest BCUT2D eigenvalue weighted by Gasteiger charge is -2.12. The van der Waals surface area contributed by atoms with E-state index >= 15 is 0 Å². The fraction of sp³-hybridized carbons (Fsp3) is 0.136. The van der Waals surface area contributed by atoms with E-state index in [0.717, 1.165) is 0 Å². The van der Waals surface area contributed by atoms with Gasteiger partial charge in [0.1, 0.15) is 11.5 Å². The summed E-state index contributed by atoms with van der Waals surface area (Å²) in [6, 6.07) is 15.1. The van der Waals surface area contributed by atoms with E-state index < -0.39 is 15.9 Å². The maximum absolute atomic E-state index is 12.8.